The molecule has 0 fully saturated rings. The number of hydrogen-bond donors (Lipinski definition) is 2. The molecule has 8 heteroatoms. The van der Waals surface area contributed by atoms with E-state index < -0.39 is 0 Å². The standard InChI is InChI=1S/C21H33N5O2.HI/c1-6-22-21(23-12-11-20-16(2)25-26(4)17(20)3)24-18-9-7-10-19(15-18)28-14-8-13-27-5;/h7,9-10,15H,6,8,11-14H2,1-5H3,(H2,22,23,24);1H. The summed E-state index contributed by atoms with van der Waals surface area (Å²) in [4.78, 5) is 4.71. The van der Waals surface area contributed by atoms with Crippen molar-refractivity contribution in [1.29, 1.82) is 0 Å². The first kappa shape index (κ1) is 25.2. The number of hydrogen-bond acceptors (Lipinski definition) is 4. The van der Waals surface area contributed by atoms with E-state index in [9.17, 15) is 0 Å². The highest BCUT2D eigenvalue weighted by molar-refractivity contribution is 14.0. The lowest BCUT2D eigenvalue weighted by Gasteiger charge is -2.13. The Labute approximate surface area is 191 Å². The summed E-state index contributed by atoms with van der Waals surface area (Å²) in [5.74, 6) is 1.59. The minimum atomic E-state index is 0. The quantitative estimate of drug-likeness (QED) is 0.219. The van der Waals surface area contributed by atoms with Crippen molar-refractivity contribution in [2.45, 2.75) is 33.6 Å². The van der Waals surface area contributed by atoms with Crippen LogP contribution in [-0.4, -0.2) is 49.2 Å². The van der Waals surface area contributed by atoms with Crippen LogP contribution in [0.25, 0.3) is 0 Å². The molecule has 7 nitrogen and oxygen atoms in total. The zero-order valence-electron chi connectivity index (χ0n) is 18.1. The maximum atomic E-state index is 5.77. The van der Waals surface area contributed by atoms with Gasteiger partial charge in [-0.1, -0.05) is 6.07 Å². The molecule has 0 aliphatic rings. The van der Waals surface area contributed by atoms with E-state index in [2.05, 4.69) is 29.6 Å². The number of rotatable bonds is 10. The summed E-state index contributed by atoms with van der Waals surface area (Å²) in [5, 5.41) is 11.1. The molecule has 0 saturated heterocycles. The Balaban J connectivity index is 0.00000420. The van der Waals surface area contributed by atoms with Gasteiger partial charge in [0.1, 0.15) is 5.75 Å². The zero-order chi connectivity index (χ0) is 20.4. The fourth-order valence-electron chi connectivity index (χ4n) is 2.96. The summed E-state index contributed by atoms with van der Waals surface area (Å²) in [6, 6.07) is 7.91. The van der Waals surface area contributed by atoms with Crippen molar-refractivity contribution in [3.63, 3.8) is 0 Å². The maximum Gasteiger partial charge on any atom is 0.195 e. The summed E-state index contributed by atoms with van der Waals surface area (Å²) in [7, 11) is 3.67. The Morgan fingerprint density at radius 2 is 2.03 bits per heavy atom. The Morgan fingerprint density at radius 1 is 1.24 bits per heavy atom. The van der Waals surface area contributed by atoms with Crippen LogP contribution >= 0.6 is 24.0 Å². The van der Waals surface area contributed by atoms with Gasteiger partial charge in [-0.2, -0.15) is 5.10 Å². The zero-order valence-corrected chi connectivity index (χ0v) is 20.4. The second-order valence-corrected chi connectivity index (χ2v) is 6.63. The lowest BCUT2D eigenvalue weighted by atomic mass is 10.1. The van der Waals surface area contributed by atoms with Crippen LogP contribution < -0.4 is 15.4 Å². The van der Waals surface area contributed by atoms with Crippen molar-refractivity contribution >= 4 is 35.6 Å². The molecule has 0 aliphatic carbocycles. The van der Waals surface area contributed by atoms with E-state index in [-0.39, 0.29) is 24.0 Å². The minimum Gasteiger partial charge on any atom is -0.493 e. The molecule has 2 rings (SSSR count). The molecule has 0 amide bonds. The van der Waals surface area contributed by atoms with Crippen LogP contribution in [0, 0.1) is 13.8 Å². The van der Waals surface area contributed by atoms with Crippen LogP contribution in [0.3, 0.4) is 0 Å². The van der Waals surface area contributed by atoms with Crippen LogP contribution in [-0.2, 0) is 18.2 Å². The number of ether oxygens (including phenoxy) is 2. The van der Waals surface area contributed by atoms with Crippen LogP contribution in [0.1, 0.15) is 30.3 Å². The predicted molar refractivity (Wildman–Crippen MR) is 130 cm³/mol. The first-order valence-corrected chi connectivity index (χ1v) is 9.81. The number of methoxy groups -OCH3 is 1. The Bertz CT molecular complexity index is 776. The average molecular weight is 515 g/mol. The first-order chi connectivity index (χ1) is 13.5. The number of guanidine groups is 1. The van der Waals surface area contributed by atoms with Gasteiger partial charge >= 0.3 is 0 Å². The minimum absolute atomic E-state index is 0. The van der Waals surface area contributed by atoms with Crippen LogP contribution in [0.15, 0.2) is 29.3 Å². The van der Waals surface area contributed by atoms with Crippen molar-refractivity contribution in [2.75, 3.05) is 38.7 Å². The molecule has 0 bridgehead atoms. The largest absolute Gasteiger partial charge is 0.493 e. The monoisotopic (exact) mass is 515 g/mol. The lowest BCUT2D eigenvalue weighted by Crippen LogP contribution is -2.30. The van der Waals surface area contributed by atoms with Crippen molar-refractivity contribution in [3.05, 3.63) is 41.2 Å². The number of aliphatic imine (C=N–C) groups is 1. The normalized spacial score (nSPS) is 11.1. The van der Waals surface area contributed by atoms with Gasteiger partial charge in [-0.25, -0.2) is 0 Å². The van der Waals surface area contributed by atoms with E-state index in [1.807, 2.05) is 42.9 Å². The van der Waals surface area contributed by atoms with E-state index in [0.717, 1.165) is 42.5 Å². The number of nitrogens with zero attached hydrogens (tertiary/aromatic N) is 3. The molecule has 1 heterocycles. The highest BCUT2D eigenvalue weighted by Crippen LogP contribution is 2.17. The van der Waals surface area contributed by atoms with E-state index >= 15 is 0 Å². The third kappa shape index (κ3) is 8.22. The highest BCUT2D eigenvalue weighted by Gasteiger charge is 2.09. The molecular formula is C21H34IN5O2. The van der Waals surface area contributed by atoms with Gasteiger partial charge in [0, 0.05) is 57.7 Å². The van der Waals surface area contributed by atoms with E-state index in [1.165, 1.54) is 11.3 Å². The third-order valence-corrected chi connectivity index (χ3v) is 4.49. The van der Waals surface area contributed by atoms with Crippen molar-refractivity contribution in [3.8, 4) is 5.75 Å². The molecule has 0 unspecified atom stereocenters. The number of halogens is 1. The summed E-state index contributed by atoms with van der Waals surface area (Å²) < 4.78 is 12.7. The second-order valence-electron chi connectivity index (χ2n) is 6.63. The van der Waals surface area contributed by atoms with Gasteiger partial charge in [-0.3, -0.25) is 9.67 Å². The molecule has 0 aliphatic heterocycles. The molecular weight excluding hydrogens is 481 g/mol. The van der Waals surface area contributed by atoms with E-state index in [4.69, 9.17) is 14.5 Å². The number of aromatic nitrogens is 2. The van der Waals surface area contributed by atoms with Crippen molar-refractivity contribution in [2.24, 2.45) is 12.0 Å². The SMILES string of the molecule is CCNC(=NCCc1c(C)nn(C)c1C)Nc1cccc(OCCCOC)c1.I. The van der Waals surface area contributed by atoms with Gasteiger partial charge in [0.2, 0.25) is 0 Å². The Morgan fingerprint density at radius 3 is 2.69 bits per heavy atom. The fourth-order valence-corrected chi connectivity index (χ4v) is 2.96. The maximum absolute atomic E-state index is 5.77. The number of benzene rings is 1. The topological polar surface area (TPSA) is 72.7 Å². The molecule has 0 atom stereocenters. The van der Waals surface area contributed by atoms with E-state index in [1.54, 1.807) is 7.11 Å². The van der Waals surface area contributed by atoms with Crippen molar-refractivity contribution < 1.29 is 9.47 Å². The molecule has 1 aromatic heterocycles. The Kier molecular flexibility index (Phi) is 11.7. The summed E-state index contributed by atoms with van der Waals surface area (Å²) in [6.45, 7) is 9.02. The number of aryl methyl sites for hydroxylation is 2. The molecule has 0 radical (unpaired) electrons. The highest BCUT2D eigenvalue weighted by atomic mass is 127. The molecule has 2 N–H and O–H groups in total. The predicted octanol–water partition coefficient (Wildman–Crippen LogP) is 3.69. The molecule has 1 aromatic carbocycles. The van der Waals surface area contributed by atoms with E-state index in [0.29, 0.717) is 19.8 Å². The molecule has 162 valence electrons. The Hall–Kier alpha value is -1.81. The first-order valence-electron chi connectivity index (χ1n) is 9.81. The van der Waals surface area contributed by atoms with Crippen LogP contribution in [0.2, 0.25) is 0 Å². The summed E-state index contributed by atoms with van der Waals surface area (Å²) >= 11 is 0. The average Bonchev–Trinajstić information content (AvgIpc) is 2.92. The lowest BCUT2D eigenvalue weighted by molar-refractivity contribution is 0.172. The third-order valence-electron chi connectivity index (χ3n) is 4.49. The summed E-state index contributed by atoms with van der Waals surface area (Å²) in [6.07, 6.45) is 1.73. The van der Waals surface area contributed by atoms with Gasteiger partial charge in [-0.15, -0.1) is 24.0 Å². The van der Waals surface area contributed by atoms with Gasteiger partial charge in [0.15, 0.2) is 5.96 Å². The fraction of sp³-hybridized carbons (Fsp3) is 0.524. The number of nitrogens with one attached hydrogen (secondary N) is 2. The van der Waals surface area contributed by atoms with Crippen LogP contribution in [0.4, 0.5) is 5.69 Å². The molecule has 0 spiro atoms. The van der Waals surface area contributed by atoms with Crippen molar-refractivity contribution in [1.82, 2.24) is 15.1 Å². The van der Waals surface area contributed by atoms with Crippen LogP contribution in [0.5, 0.6) is 5.75 Å². The van der Waals surface area contributed by atoms with Gasteiger partial charge in [0.25, 0.3) is 0 Å². The smallest absolute Gasteiger partial charge is 0.195 e. The number of anilines is 1. The summed E-state index contributed by atoms with van der Waals surface area (Å²) in [5.41, 5.74) is 4.49. The van der Waals surface area contributed by atoms with Gasteiger partial charge in [-0.05, 0) is 44.9 Å². The molecule has 29 heavy (non-hydrogen) atoms. The van der Waals surface area contributed by atoms with Gasteiger partial charge in [0.05, 0.1) is 12.3 Å². The second kappa shape index (κ2) is 13.4. The van der Waals surface area contributed by atoms with Gasteiger partial charge < -0.3 is 20.1 Å². The molecule has 2 aromatic rings. The molecule has 0 saturated carbocycles.